The summed E-state index contributed by atoms with van der Waals surface area (Å²) in [5, 5.41) is 12.8. The van der Waals surface area contributed by atoms with Gasteiger partial charge < -0.3 is 24.6 Å². The average Bonchev–Trinajstić information content (AvgIpc) is 2.50. The summed E-state index contributed by atoms with van der Waals surface area (Å²) in [4.78, 5) is 12.1. The van der Waals surface area contributed by atoms with Crippen molar-refractivity contribution in [2.75, 3.05) is 34.5 Å². The zero-order chi connectivity index (χ0) is 15.9. The molecule has 0 aliphatic carbocycles. The molecule has 0 spiro atoms. The molecular weight excluding hydrogens is 274 g/mol. The number of carbonyl (C=O) groups is 1. The van der Waals surface area contributed by atoms with Crippen LogP contribution < -0.4 is 14.8 Å². The quantitative estimate of drug-likeness (QED) is 0.754. The lowest BCUT2D eigenvalue weighted by Gasteiger charge is -2.23. The summed E-state index contributed by atoms with van der Waals surface area (Å²) < 4.78 is 15.2. The maximum Gasteiger partial charge on any atom is 0.251 e. The third-order valence-corrected chi connectivity index (χ3v) is 3.12. The zero-order valence-corrected chi connectivity index (χ0v) is 12.9. The smallest absolute Gasteiger partial charge is 0.251 e. The van der Waals surface area contributed by atoms with E-state index in [2.05, 4.69) is 5.32 Å². The molecule has 0 fully saturated rings. The minimum atomic E-state index is -1.01. The molecular formula is C15H23NO5. The second-order valence-electron chi connectivity index (χ2n) is 4.99. The van der Waals surface area contributed by atoms with E-state index in [0.717, 1.165) is 0 Å². The van der Waals surface area contributed by atoms with E-state index in [0.29, 0.717) is 30.1 Å². The summed E-state index contributed by atoms with van der Waals surface area (Å²) in [6, 6.07) is 4.90. The van der Waals surface area contributed by atoms with Crippen molar-refractivity contribution in [1.82, 2.24) is 5.32 Å². The number of hydrogen-bond donors (Lipinski definition) is 2. The average molecular weight is 297 g/mol. The van der Waals surface area contributed by atoms with Crippen LogP contribution in [-0.4, -0.2) is 51.1 Å². The van der Waals surface area contributed by atoms with E-state index < -0.39 is 5.60 Å². The van der Waals surface area contributed by atoms with Gasteiger partial charge >= 0.3 is 0 Å². The third kappa shape index (κ3) is 5.24. The Morgan fingerprint density at radius 1 is 1.24 bits per heavy atom. The number of carbonyl (C=O) groups excluding carboxylic acids is 1. The summed E-state index contributed by atoms with van der Waals surface area (Å²) in [5.74, 6) is 0.756. The van der Waals surface area contributed by atoms with Crippen LogP contribution in [0.15, 0.2) is 18.2 Å². The Balaban J connectivity index is 2.67. The number of methoxy groups -OCH3 is 3. The predicted octanol–water partition coefficient (Wildman–Crippen LogP) is 1.22. The van der Waals surface area contributed by atoms with E-state index in [1.165, 1.54) is 14.2 Å². The van der Waals surface area contributed by atoms with Gasteiger partial charge in [-0.2, -0.15) is 0 Å². The Hall–Kier alpha value is -1.79. The van der Waals surface area contributed by atoms with Crippen LogP contribution in [0, 0.1) is 0 Å². The van der Waals surface area contributed by atoms with E-state index in [1.807, 2.05) is 0 Å². The minimum absolute atomic E-state index is 0.142. The van der Waals surface area contributed by atoms with Gasteiger partial charge in [0.1, 0.15) is 0 Å². The number of amides is 1. The second kappa shape index (κ2) is 7.85. The molecule has 118 valence electrons. The monoisotopic (exact) mass is 297 g/mol. The van der Waals surface area contributed by atoms with Crippen LogP contribution in [0.1, 0.15) is 23.7 Å². The highest BCUT2D eigenvalue weighted by Crippen LogP contribution is 2.27. The molecule has 1 rings (SSSR count). The van der Waals surface area contributed by atoms with Crippen LogP contribution in [0.2, 0.25) is 0 Å². The summed E-state index contributed by atoms with van der Waals surface area (Å²) in [6.07, 6.45) is 0.440. The van der Waals surface area contributed by atoms with Crippen molar-refractivity contribution in [3.8, 4) is 11.5 Å². The molecule has 1 unspecified atom stereocenters. The molecule has 0 radical (unpaired) electrons. The summed E-state index contributed by atoms with van der Waals surface area (Å²) in [5.41, 5.74) is -0.572. The highest BCUT2D eigenvalue weighted by atomic mass is 16.5. The molecule has 2 N–H and O–H groups in total. The van der Waals surface area contributed by atoms with Crippen molar-refractivity contribution in [2.45, 2.75) is 18.9 Å². The fourth-order valence-electron chi connectivity index (χ4n) is 1.76. The van der Waals surface area contributed by atoms with Crippen LogP contribution in [0.25, 0.3) is 0 Å². The van der Waals surface area contributed by atoms with Crippen molar-refractivity contribution >= 4 is 5.91 Å². The first kappa shape index (κ1) is 17.3. The number of nitrogens with one attached hydrogen (secondary N) is 1. The number of hydrogen-bond acceptors (Lipinski definition) is 5. The SMILES string of the molecule is COCCC(C)(O)CNC(=O)c1ccc(OC)c(OC)c1. The van der Waals surface area contributed by atoms with Gasteiger partial charge in [-0.25, -0.2) is 0 Å². The highest BCUT2D eigenvalue weighted by Gasteiger charge is 2.21. The Morgan fingerprint density at radius 3 is 2.48 bits per heavy atom. The van der Waals surface area contributed by atoms with Crippen LogP contribution in [0.4, 0.5) is 0 Å². The Labute approximate surface area is 125 Å². The first-order valence-electron chi connectivity index (χ1n) is 6.65. The number of ether oxygens (including phenoxy) is 3. The largest absolute Gasteiger partial charge is 0.493 e. The van der Waals surface area contributed by atoms with E-state index in [4.69, 9.17) is 14.2 Å². The number of aliphatic hydroxyl groups is 1. The molecule has 21 heavy (non-hydrogen) atoms. The van der Waals surface area contributed by atoms with E-state index in [9.17, 15) is 9.90 Å². The van der Waals surface area contributed by atoms with Crippen LogP contribution >= 0.6 is 0 Å². The van der Waals surface area contributed by atoms with Crippen LogP contribution in [0.3, 0.4) is 0 Å². The Bertz CT molecular complexity index is 473. The molecule has 1 atom stereocenters. The first-order valence-corrected chi connectivity index (χ1v) is 6.65. The van der Waals surface area contributed by atoms with Gasteiger partial charge in [-0.15, -0.1) is 0 Å². The predicted molar refractivity (Wildman–Crippen MR) is 79.0 cm³/mol. The van der Waals surface area contributed by atoms with Gasteiger partial charge in [0.25, 0.3) is 5.91 Å². The molecule has 1 amide bonds. The van der Waals surface area contributed by atoms with Crippen molar-refractivity contribution in [3.63, 3.8) is 0 Å². The van der Waals surface area contributed by atoms with E-state index in [-0.39, 0.29) is 12.5 Å². The molecule has 0 bridgehead atoms. The summed E-state index contributed by atoms with van der Waals surface area (Å²) in [6.45, 7) is 2.23. The second-order valence-corrected chi connectivity index (χ2v) is 4.99. The van der Waals surface area contributed by atoms with Crippen molar-refractivity contribution in [3.05, 3.63) is 23.8 Å². The van der Waals surface area contributed by atoms with Crippen molar-refractivity contribution in [1.29, 1.82) is 0 Å². The van der Waals surface area contributed by atoms with Crippen LogP contribution in [0.5, 0.6) is 11.5 Å². The normalized spacial score (nSPS) is 13.4. The highest BCUT2D eigenvalue weighted by molar-refractivity contribution is 5.94. The van der Waals surface area contributed by atoms with Gasteiger partial charge in [0, 0.05) is 32.2 Å². The molecule has 1 aromatic carbocycles. The fourth-order valence-corrected chi connectivity index (χ4v) is 1.76. The molecule has 6 heteroatoms. The summed E-state index contributed by atoms with van der Waals surface area (Å²) >= 11 is 0. The summed E-state index contributed by atoms with van der Waals surface area (Å²) in [7, 11) is 4.61. The molecule has 0 saturated heterocycles. The zero-order valence-electron chi connectivity index (χ0n) is 12.9. The van der Waals surface area contributed by atoms with Gasteiger partial charge in [-0.05, 0) is 25.1 Å². The molecule has 0 aliphatic heterocycles. The van der Waals surface area contributed by atoms with E-state index >= 15 is 0 Å². The van der Waals surface area contributed by atoms with Gasteiger partial charge in [0.2, 0.25) is 0 Å². The molecule has 0 saturated carbocycles. The molecule has 0 aliphatic rings. The lowest BCUT2D eigenvalue weighted by Crippen LogP contribution is -2.41. The molecule has 6 nitrogen and oxygen atoms in total. The van der Waals surface area contributed by atoms with E-state index in [1.54, 1.807) is 32.2 Å². The lowest BCUT2D eigenvalue weighted by atomic mass is 10.0. The number of benzene rings is 1. The van der Waals surface area contributed by atoms with Crippen molar-refractivity contribution in [2.24, 2.45) is 0 Å². The van der Waals surface area contributed by atoms with Gasteiger partial charge in [0.05, 0.1) is 19.8 Å². The first-order chi connectivity index (χ1) is 9.93. The van der Waals surface area contributed by atoms with Crippen molar-refractivity contribution < 1.29 is 24.1 Å². The molecule has 1 aromatic rings. The van der Waals surface area contributed by atoms with Gasteiger partial charge in [0.15, 0.2) is 11.5 Å². The minimum Gasteiger partial charge on any atom is -0.493 e. The topological polar surface area (TPSA) is 77.0 Å². The maximum absolute atomic E-state index is 12.1. The fraction of sp³-hybridized carbons (Fsp3) is 0.533. The molecule has 0 aromatic heterocycles. The Kier molecular flexibility index (Phi) is 6.45. The van der Waals surface area contributed by atoms with Gasteiger partial charge in [-0.1, -0.05) is 0 Å². The molecule has 0 heterocycles. The lowest BCUT2D eigenvalue weighted by molar-refractivity contribution is 0.0243. The standard InChI is InChI=1S/C15H23NO5/c1-15(18,7-8-19-2)10-16-14(17)11-5-6-12(20-3)13(9-11)21-4/h5-6,9,18H,7-8,10H2,1-4H3,(H,16,17). The number of rotatable bonds is 8. The third-order valence-electron chi connectivity index (χ3n) is 3.12. The maximum atomic E-state index is 12.1. The Morgan fingerprint density at radius 2 is 1.90 bits per heavy atom. The van der Waals surface area contributed by atoms with Gasteiger partial charge in [-0.3, -0.25) is 4.79 Å². The van der Waals surface area contributed by atoms with Crippen LogP contribution in [-0.2, 0) is 4.74 Å².